The van der Waals surface area contributed by atoms with Crippen molar-refractivity contribution in [3.63, 3.8) is 0 Å². The first-order chi connectivity index (χ1) is 9.99. The third-order valence-electron chi connectivity index (χ3n) is 3.21. The molecule has 0 aromatic rings. The van der Waals surface area contributed by atoms with Crippen LogP contribution in [0.5, 0.6) is 0 Å². The molecule has 23 heavy (non-hydrogen) atoms. The predicted octanol–water partition coefficient (Wildman–Crippen LogP) is 5.36. The second-order valence-corrected chi connectivity index (χ2v) is 6.70. The monoisotopic (exact) mass is 354 g/mol. The Balaban J connectivity index is 4.62. The molecule has 0 aliphatic carbocycles. The van der Waals surface area contributed by atoms with Gasteiger partial charge < -0.3 is 4.74 Å². The van der Waals surface area contributed by atoms with Gasteiger partial charge in [-0.2, -0.15) is 26.3 Å². The molecule has 0 aromatic carbocycles. The molecule has 9 heteroatoms. The number of halogens is 7. The van der Waals surface area contributed by atoms with Gasteiger partial charge in [0.05, 0.1) is 6.10 Å². The van der Waals surface area contributed by atoms with Gasteiger partial charge in [-0.15, -0.1) is 0 Å². The summed E-state index contributed by atoms with van der Waals surface area (Å²) in [6, 6.07) is 0. The van der Waals surface area contributed by atoms with Crippen LogP contribution in [0.3, 0.4) is 0 Å². The molecule has 0 aromatic heterocycles. The zero-order valence-corrected chi connectivity index (χ0v) is 13.4. The highest BCUT2D eigenvalue weighted by Gasteiger charge is 2.72. The normalized spacial score (nSPS) is 15.4. The Morgan fingerprint density at radius 1 is 0.913 bits per heavy atom. The van der Waals surface area contributed by atoms with Crippen molar-refractivity contribution in [1.82, 2.24) is 0 Å². The fourth-order valence-electron chi connectivity index (χ4n) is 1.70. The van der Waals surface area contributed by atoms with E-state index in [1.54, 1.807) is 0 Å². The first kappa shape index (κ1) is 22.0. The number of carbonyl (C=O) groups excluding carboxylic acids is 1. The molecule has 0 rings (SSSR count). The van der Waals surface area contributed by atoms with Gasteiger partial charge >= 0.3 is 18.3 Å². The molecule has 0 aliphatic heterocycles. The highest BCUT2D eigenvalue weighted by Crippen LogP contribution is 2.48. The SMILES string of the molecule is CC(CCC(C)(C)C)OC(=O)CCC(F)(C(F)(F)F)C(F)(F)F. The molecule has 0 saturated carbocycles. The Kier molecular flexibility index (Phi) is 6.93. The van der Waals surface area contributed by atoms with Crippen molar-refractivity contribution in [3.05, 3.63) is 0 Å². The van der Waals surface area contributed by atoms with E-state index in [4.69, 9.17) is 4.74 Å². The molecule has 0 saturated heterocycles. The number of hydrogen-bond donors (Lipinski definition) is 0. The maximum Gasteiger partial charge on any atom is 0.431 e. The molecule has 1 unspecified atom stereocenters. The number of alkyl halides is 7. The number of ether oxygens (including phenoxy) is 1. The third-order valence-corrected chi connectivity index (χ3v) is 3.21. The van der Waals surface area contributed by atoms with E-state index in [-0.39, 0.29) is 5.41 Å². The minimum atomic E-state index is -6.15. The fraction of sp³-hybridized carbons (Fsp3) is 0.929. The average molecular weight is 354 g/mol. The van der Waals surface area contributed by atoms with Crippen LogP contribution in [-0.4, -0.2) is 30.1 Å². The Hall–Kier alpha value is -1.02. The van der Waals surface area contributed by atoms with Crippen LogP contribution in [0.25, 0.3) is 0 Å². The predicted molar refractivity (Wildman–Crippen MR) is 69.4 cm³/mol. The van der Waals surface area contributed by atoms with E-state index in [1.165, 1.54) is 6.92 Å². The third kappa shape index (κ3) is 6.95. The molecule has 0 spiro atoms. The van der Waals surface area contributed by atoms with E-state index in [9.17, 15) is 35.5 Å². The van der Waals surface area contributed by atoms with Crippen LogP contribution in [0.15, 0.2) is 0 Å². The molecule has 0 amide bonds. The van der Waals surface area contributed by atoms with E-state index < -0.39 is 42.9 Å². The van der Waals surface area contributed by atoms with E-state index in [1.807, 2.05) is 20.8 Å². The van der Waals surface area contributed by atoms with Crippen molar-refractivity contribution in [1.29, 1.82) is 0 Å². The van der Waals surface area contributed by atoms with Crippen LogP contribution in [-0.2, 0) is 9.53 Å². The summed E-state index contributed by atoms with van der Waals surface area (Å²) in [5, 5.41) is 0. The lowest BCUT2D eigenvalue weighted by Gasteiger charge is -2.29. The second kappa shape index (κ2) is 7.25. The molecule has 0 bridgehead atoms. The molecule has 0 N–H and O–H groups in total. The van der Waals surface area contributed by atoms with E-state index >= 15 is 0 Å². The highest BCUT2D eigenvalue weighted by atomic mass is 19.4. The van der Waals surface area contributed by atoms with Gasteiger partial charge in [-0.25, -0.2) is 4.39 Å². The van der Waals surface area contributed by atoms with Gasteiger partial charge in [-0.1, -0.05) is 20.8 Å². The minimum absolute atomic E-state index is 0.0681. The molecule has 138 valence electrons. The highest BCUT2D eigenvalue weighted by molar-refractivity contribution is 5.69. The molecule has 1 atom stereocenters. The zero-order valence-electron chi connectivity index (χ0n) is 13.4. The van der Waals surface area contributed by atoms with Gasteiger partial charge in [0.1, 0.15) is 0 Å². The zero-order chi connectivity index (χ0) is 18.7. The van der Waals surface area contributed by atoms with Crippen LogP contribution in [0, 0.1) is 5.41 Å². The van der Waals surface area contributed by atoms with Gasteiger partial charge in [0.25, 0.3) is 5.67 Å². The van der Waals surface area contributed by atoms with Crippen LogP contribution in [0.2, 0.25) is 0 Å². The number of esters is 1. The summed E-state index contributed by atoms with van der Waals surface area (Å²) in [6.07, 6.45) is -15.3. The van der Waals surface area contributed by atoms with Crippen molar-refractivity contribution >= 4 is 5.97 Å². The van der Waals surface area contributed by atoms with E-state index in [0.717, 1.165) is 0 Å². The first-order valence-corrected chi connectivity index (χ1v) is 7.01. The van der Waals surface area contributed by atoms with Crippen LogP contribution < -0.4 is 0 Å². The molecule has 0 radical (unpaired) electrons. The number of rotatable bonds is 6. The Morgan fingerprint density at radius 2 is 1.35 bits per heavy atom. The Bertz CT molecular complexity index is 379. The lowest BCUT2D eigenvalue weighted by Crippen LogP contribution is -2.53. The Morgan fingerprint density at radius 3 is 1.70 bits per heavy atom. The lowest BCUT2D eigenvalue weighted by atomic mass is 9.89. The van der Waals surface area contributed by atoms with Crippen molar-refractivity contribution < 1.29 is 40.3 Å². The molecule has 0 fully saturated rings. The van der Waals surface area contributed by atoms with Gasteiger partial charge in [-0.3, -0.25) is 4.79 Å². The minimum Gasteiger partial charge on any atom is -0.463 e. The molecular formula is C14H21F7O2. The summed E-state index contributed by atoms with van der Waals surface area (Å²) in [4.78, 5) is 11.4. The van der Waals surface area contributed by atoms with Gasteiger partial charge in [0.15, 0.2) is 0 Å². The standard InChI is InChI=1S/C14H21F7O2/c1-9(5-7-11(2,3)4)23-10(22)6-8-12(15,13(16,17)18)14(19,20)21/h9H,5-8H2,1-4H3. The first-order valence-electron chi connectivity index (χ1n) is 7.01. The van der Waals surface area contributed by atoms with E-state index in [2.05, 4.69) is 0 Å². The summed E-state index contributed by atoms with van der Waals surface area (Å²) >= 11 is 0. The molecule has 0 heterocycles. The topological polar surface area (TPSA) is 26.3 Å². The van der Waals surface area contributed by atoms with Crippen LogP contribution in [0.1, 0.15) is 53.4 Å². The largest absolute Gasteiger partial charge is 0.463 e. The number of hydrogen-bond acceptors (Lipinski definition) is 2. The summed E-state index contributed by atoms with van der Waals surface area (Å²) < 4.78 is 92.0. The van der Waals surface area contributed by atoms with Crippen molar-refractivity contribution in [2.75, 3.05) is 0 Å². The van der Waals surface area contributed by atoms with Gasteiger partial charge in [0.2, 0.25) is 0 Å². The lowest BCUT2D eigenvalue weighted by molar-refractivity contribution is -0.343. The molecule has 2 nitrogen and oxygen atoms in total. The summed E-state index contributed by atoms with van der Waals surface area (Å²) in [7, 11) is 0. The number of carbonyl (C=O) groups is 1. The average Bonchev–Trinajstić information content (AvgIpc) is 2.29. The van der Waals surface area contributed by atoms with Gasteiger partial charge in [0, 0.05) is 12.8 Å². The quantitative estimate of drug-likeness (QED) is 0.474. The van der Waals surface area contributed by atoms with Crippen LogP contribution in [0.4, 0.5) is 30.7 Å². The van der Waals surface area contributed by atoms with Crippen molar-refractivity contribution in [2.45, 2.75) is 77.5 Å². The second-order valence-electron chi connectivity index (χ2n) is 6.70. The molecule has 0 aliphatic rings. The van der Waals surface area contributed by atoms with Crippen molar-refractivity contribution in [2.24, 2.45) is 5.41 Å². The molecular weight excluding hydrogens is 333 g/mol. The summed E-state index contributed by atoms with van der Waals surface area (Å²) in [6.45, 7) is 7.24. The maximum absolute atomic E-state index is 13.3. The van der Waals surface area contributed by atoms with E-state index in [0.29, 0.717) is 12.8 Å². The summed E-state index contributed by atoms with van der Waals surface area (Å²) in [5.41, 5.74) is -5.49. The van der Waals surface area contributed by atoms with Crippen molar-refractivity contribution in [3.8, 4) is 0 Å². The fourth-order valence-corrected chi connectivity index (χ4v) is 1.70. The maximum atomic E-state index is 13.3. The smallest absolute Gasteiger partial charge is 0.431 e. The van der Waals surface area contributed by atoms with Crippen LogP contribution >= 0.6 is 0 Å². The van der Waals surface area contributed by atoms with Gasteiger partial charge in [-0.05, 0) is 25.2 Å². The summed E-state index contributed by atoms with van der Waals surface area (Å²) in [5.74, 6) is -1.29. The Labute approximate surface area is 130 Å².